The van der Waals surface area contributed by atoms with Crippen LogP contribution in [-0.2, 0) is 16.1 Å². The molecule has 1 heterocycles. The second-order valence-corrected chi connectivity index (χ2v) is 8.52. The molecular formula is C20H27ClN2O4. The molecule has 0 bridgehead atoms. The number of benzene rings is 1. The largest absolute Gasteiger partial charge is 0.481 e. The smallest absolute Gasteiger partial charge is 0.407 e. The Morgan fingerprint density at radius 2 is 1.96 bits per heavy atom. The van der Waals surface area contributed by atoms with Gasteiger partial charge in [0.05, 0.1) is 5.92 Å². The highest BCUT2D eigenvalue weighted by Gasteiger charge is 2.27. The molecule has 0 aliphatic carbocycles. The number of nitrogens with one attached hydrogen (secondary N) is 2. The molecule has 3 N–H and O–H groups in total. The van der Waals surface area contributed by atoms with Crippen LogP contribution in [0.2, 0.25) is 5.02 Å². The van der Waals surface area contributed by atoms with Crippen molar-refractivity contribution in [3.63, 3.8) is 0 Å². The number of ether oxygens (including phenoxy) is 1. The van der Waals surface area contributed by atoms with Crippen molar-refractivity contribution in [3.8, 4) is 0 Å². The Balaban J connectivity index is 2.42. The summed E-state index contributed by atoms with van der Waals surface area (Å²) in [5.74, 6) is -1.40. The van der Waals surface area contributed by atoms with E-state index in [1.165, 1.54) is 0 Å². The summed E-state index contributed by atoms with van der Waals surface area (Å²) in [7, 11) is 0. The van der Waals surface area contributed by atoms with Crippen LogP contribution in [0.1, 0.15) is 58.2 Å². The number of rotatable bonds is 6. The van der Waals surface area contributed by atoms with Crippen LogP contribution in [0.15, 0.2) is 18.2 Å². The molecule has 0 fully saturated rings. The number of carbonyl (C=O) groups is 2. The van der Waals surface area contributed by atoms with Crippen molar-refractivity contribution < 1.29 is 19.4 Å². The van der Waals surface area contributed by atoms with Crippen LogP contribution in [0, 0.1) is 5.92 Å². The van der Waals surface area contributed by atoms with Crippen LogP contribution in [0.25, 0.3) is 10.9 Å². The fraction of sp³-hybridized carbons (Fsp3) is 0.500. The number of carboxylic acids is 1. The van der Waals surface area contributed by atoms with E-state index in [1.54, 1.807) is 32.9 Å². The van der Waals surface area contributed by atoms with Gasteiger partial charge in [-0.3, -0.25) is 4.79 Å². The Kier molecular flexibility index (Phi) is 6.42. The molecular weight excluding hydrogens is 368 g/mol. The highest BCUT2D eigenvalue weighted by Crippen LogP contribution is 2.33. The van der Waals surface area contributed by atoms with Crippen molar-refractivity contribution >= 4 is 34.6 Å². The molecule has 148 valence electrons. The summed E-state index contributed by atoms with van der Waals surface area (Å²) < 4.78 is 5.28. The lowest BCUT2D eigenvalue weighted by Crippen LogP contribution is -2.32. The van der Waals surface area contributed by atoms with Gasteiger partial charge in [-0.1, -0.05) is 25.4 Å². The molecule has 2 aromatic rings. The van der Waals surface area contributed by atoms with E-state index in [9.17, 15) is 14.7 Å². The normalized spacial score (nSPS) is 13.0. The molecule has 6 nitrogen and oxygen atoms in total. The van der Waals surface area contributed by atoms with Crippen LogP contribution in [-0.4, -0.2) is 27.8 Å². The summed E-state index contributed by atoms with van der Waals surface area (Å²) in [6, 6.07) is 5.33. The van der Waals surface area contributed by atoms with Gasteiger partial charge in [-0.05, 0) is 51.3 Å². The van der Waals surface area contributed by atoms with Crippen LogP contribution < -0.4 is 5.32 Å². The minimum absolute atomic E-state index is 0.145. The highest BCUT2D eigenvalue weighted by atomic mass is 35.5. The number of carbonyl (C=O) groups excluding carboxylic acids is 1. The fourth-order valence-corrected chi connectivity index (χ4v) is 3.19. The van der Waals surface area contributed by atoms with Crippen molar-refractivity contribution in [1.82, 2.24) is 10.3 Å². The molecule has 1 amide bonds. The van der Waals surface area contributed by atoms with Gasteiger partial charge in [0.25, 0.3) is 0 Å². The Morgan fingerprint density at radius 3 is 2.52 bits per heavy atom. The van der Waals surface area contributed by atoms with Gasteiger partial charge in [0, 0.05) is 33.7 Å². The lowest BCUT2D eigenvalue weighted by molar-refractivity contribution is -0.139. The fourth-order valence-electron chi connectivity index (χ4n) is 3.02. The van der Waals surface area contributed by atoms with Gasteiger partial charge in [0.15, 0.2) is 0 Å². The number of aromatic amines is 1. The molecule has 0 aliphatic heterocycles. The molecule has 0 spiro atoms. The maximum atomic E-state index is 12.1. The van der Waals surface area contributed by atoms with Crippen LogP contribution in [0.4, 0.5) is 4.79 Å². The van der Waals surface area contributed by atoms with Crippen molar-refractivity contribution in [1.29, 1.82) is 0 Å². The maximum absolute atomic E-state index is 12.1. The number of halogens is 1. The average Bonchev–Trinajstić information content (AvgIpc) is 2.86. The van der Waals surface area contributed by atoms with E-state index in [1.807, 2.05) is 19.9 Å². The monoisotopic (exact) mass is 394 g/mol. The molecule has 27 heavy (non-hydrogen) atoms. The maximum Gasteiger partial charge on any atom is 0.407 e. The highest BCUT2D eigenvalue weighted by molar-refractivity contribution is 6.31. The molecule has 0 radical (unpaired) electrons. The van der Waals surface area contributed by atoms with E-state index in [4.69, 9.17) is 16.3 Å². The second kappa shape index (κ2) is 8.21. The van der Waals surface area contributed by atoms with E-state index >= 15 is 0 Å². The first-order valence-corrected chi connectivity index (χ1v) is 9.35. The van der Waals surface area contributed by atoms with Crippen molar-refractivity contribution in [2.24, 2.45) is 5.92 Å². The third-order valence-corrected chi connectivity index (χ3v) is 4.30. The molecule has 0 saturated heterocycles. The predicted octanol–water partition coefficient (Wildman–Crippen LogP) is 5.06. The number of H-pyrrole nitrogens is 1. The summed E-state index contributed by atoms with van der Waals surface area (Å²) in [5, 5.41) is 13.8. The molecule has 2 rings (SSSR count). The summed E-state index contributed by atoms with van der Waals surface area (Å²) in [6.07, 6.45) is -0.0736. The lowest BCUT2D eigenvalue weighted by atomic mass is 9.91. The Hall–Kier alpha value is -2.21. The number of carboxylic acid groups (broad SMARTS) is 1. The number of fused-ring (bicyclic) bond motifs is 1. The van der Waals surface area contributed by atoms with Gasteiger partial charge in [0.1, 0.15) is 5.60 Å². The van der Waals surface area contributed by atoms with Gasteiger partial charge < -0.3 is 20.1 Å². The molecule has 0 unspecified atom stereocenters. The summed E-state index contributed by atoms with van der Waals surface area (Å²) >= 11 is 6.13. The molecule has 1 aromatic carbocycles. The Bertz CT molecular complexity index is 836. The summed E-state index contributed by atoms with van der Waals surface area (Å²) in [4.78, 5) is 27.2. The van der Waals surface area contributed by atoms with Gasteiger partial charge >= 0.3 is 12.1 Å². The zero-order valence-electron chi connectivity index (χ0n) is 16.4. The number of hydrogen-bond donors (Lipinski definition) is 3. The quantitative estimate of drug-likeness (QED) is 0.638. The SMILES string of the molecule is CC(C)C[C@@H](C(=O)O)c1[nH]c2ccc(Cl)cc2c1CNC(=O)OC(C)(C)C. The molecule has 1 aromatic heterocycles. The minimum Gasteiger partial charge on any atom is -0.481 e. The van der Waals surface area contributed by atoms with Crippen molar-refractivity contribution in [2.45, 2.75) is 59.1 Å². The minimum atomic E-state index is -0.903. The Morgan fingerprint density at radius 1 is 1.30 bits per heavy atom. The van der Waals surface area contributed by atoms with Gasteiger partial charge in [-0.15, -0.1) is 0 Å². The zero-order valence-corrected chi connectivity index (χ0v) is 17.1. The van der Waals surface area contributed by atoms with E-state index in [2.05, 4.69) is 10.3 Å². The molecule has 7 heteroatoms. The van der Waals surface area contributed by atoms with E-state index < -0.39 is 23.6 Å². The van der Waals surface area contributed by atoms with Crippen LogP contribution in [0.3, 0.4) is 0 Å². The van der Waals surface area contributed by atoms with Crippen LogP contribution in [0.5, 0.6) is 0 Å². The predicted molar refractivity (Wildman–Crippen MR) is 106 cm³/mol. The van der Waals surface area contributed by atoms with Gasteiger partial charge in [0.2, 0.25) is 0 Å². The van der Waals surface area contributed by atoms with Gasteiger partial charge in [-0.2, -0.15) is 0 Å². The first-order valence-electron chi connectivity index (χ1n) is 8.97. The van der Waals surface area contributed by atoms with E-state index in [-0.39, 0.29) is 12.5 Å². The lowest BCUT2D eigenvalue weighted by Gasteiger charge is -2.20. The van der Waals surface area contributed by atoms with Crippen molar-refractivity contribution in [2.75, 3.05) is 0 Å². The zero-order chi connectivity index (χ0) is 20.4. The number of aromatic nitrogens is 1. The number of amides is 1. The molecule has 0 saturated carbocycles. The van der Waals surface area contributed by atoms with Gasteiger partial charge in [-0.25, -0.2) is 4.79 Å². The summed E-state index contributed by atoms with van der Waals surface area (Å²) in [6.45, 7) is 9.46. The van der Waals surface area contributed by atoms with Crippen LogP contribution >= 0.6 is 11.6 Å². The average molecular weight is 395 g/mol. The van der Waals surface area contributed by atoms with E-state index in [0.717, 1.165) is 10.9 Å². The third kappa shape index (κ3) is 5.63. The third-order valence-electron chi connectivity index (χ3n) is 4.06. The molecule has 1 atom stereocenters. The number of hydrogen-bond acceptors (Lipinski definition) is 3. The first kappa shape index (κ1) is 21.1. The molecule has 0 aliphatic rings. The number of alkyl carbamates (subject to hydrolysis) is 1. The van der Waals surface area contributed by atoms with E-state index in [0.29, 0.717) is 22.7 Å². The topological polar surface area (TPSA) is 91.4 Å². The summed E-state index contributed by atoms with van der Waals surface area (Å²) in [5.41, 5.74) is 1.47. The second-order valence-electron chi connectivity index (χ2n) is 8.08. The Labute approximate surface area is 164 Å². The van der Waals surface area contributed by atoms with Crippen molar-refractivity contribution in [3.05, 3.63) is 34.5 Å². The first-order chi connectivity index (χ1) is 12.5. The number of aliphatic carboxylic acids is 1. The standard InChI is InChI=1S/C20H27ClN2O4/c1-11(2)8-14(18(24)25)17-15(10-22-19(26)27-20(3,4)5)13-9-12(21)6-7-16(13)23-17/h6-7,9,11,14,23H,8,10H2,1-5H3,(H,22,26)(H,24,25)/t14-/m1/s1.